The molecule has 0 spiro atoms. The monoisotopic (exact) mass is 822 g/mol. The van der Waals surface area contributed by atoms with Crippen LogP contribution in [0.2, 0.25) is 0 Å². The summed E-state index contributed by atoms with van der Waals surface area (Å²) in [5.41, 5.74) is 5.41. The normalized spacial score (nSPS) is 14.7. The van der Waals surface area contributed by atoms with Crippen LogP contribution in [-0.2, 0) is 46.2 Å². The van der Waals surface area contributed by atoms with Crippen molar-refractivity contribution in [3.8, 4) is 22.6 Å². The summed E-state index contributed by atoms with van der Waals surface area (Å²) in [4.78, 5) is 45.9. The van der Waals surface area contributed by atoms with Crippen molar-refractivity contribution in [1.29, 1.82) is 0 Å². The molecular formula is C49H58O11. The van der Waals surface area contributed by atoms with Gasteiger partial charge in [-0.3, -0.25) is 9.59 Å². The van der Waals surface area contributed by atoms with Gasteiger partial charge in [0, 0.05) is 12.2 Å². The molecule has 1 aliphatic carbocycles. The van der Waals surface area contributed by atoms with Crippen molar-refractivity contribution in [3.63, 3.8) is 0 Å². The van der Waals surface area contributed by atoms with Crippen LogP contribution in [0.4, 0.5) is 0 Å². The van der Waals surface area contributed by atoms with Gasteiger partial charge in [0.15, 0.2) is 6.10 Å². The maximum Gasteiger partial charge on any atom is 0.330 e. The first-order chi connectivity index (χ1) is 28.6. The second kappa shape index (κ2) is 28.0. The summed E-state index contributed by atoms with van der Waals surface area (Å²) in [6.07, 6.45) is 6.60. The van der Waals surface area contributed by atoms with Crippen molar-refractivity contribution >= 4 is 23.9 Å². The lowest BCUT2D eigenvalue weighted by Gasteiger charge is -2.26. The Kier molecular flexibility index (Phi) is 23.2. The number of carboxylic acids is 1. The third-order valence-electron chi connectivity index (χ3n) is 8.92. The highest BCUT2D eigenvalue weighted by Crippen LogP contribution is 2.28. The van der Waals surface area contributed by atoms with Crippen LogP contribution in [0.3, 0.4) is 0 Å². The molecule has 0 aromatic heterocycles. The molecule has 4 atom stereocenters. The van der Waals surface area contributed by atoms with Crippen LogP contribution < -0.4 is 9.47 Å². The van der Waals surface area contributed by atoms with Gasteiger partial charge in [-0.15, -0.1) is 0 Å². The minimum absolute atomic E-state index is 0. The molecule has 0 radical (unpaired) electrons. The highest BCUT2D eigenvalue weighted by atomic mass is 16.6. The second-order valence-electron chi connectivity index (χ2n) is 13.2. The Balaban J connectivity index is 0.000000325. The number of carbonyl (C=O) groups excluding carboxylic acids is 3. The zero-order valence-corrected chi connectivity index (χ0v) is 33.7. The molecule has 60 heavy (non-hydrogen) atoms. The van der Waals surface area contributed by atoms with Gasteiger partial charge in [-0.1, -0.05) is 132 Å². The third kappa shape index (κ3) is 18.4. The Labute approximate surface area is 353 Å². The number of aliphatic hydroxyl groups excluding tert-OH is 1. The molecule has 0 aliphatic heterocycles. The number of carbonyl (C=O) groups is 4. The summed E-state index contributed by atoms with van der Waals surface area (Å²) < 4.78 is 25.9. The lowest BCUT2D eigenvalue weighted by Crippen LogP contribution is -2.37. The first-order valence-electron chi connectivity index (χ1n) is 19.4. The predicted molar refractivity (Wildman–Crippen MR) is 232 cm³/mol. The van der Waals surface area contributed by atoms with Gasteiger partial charge >= 0.3 is 23.9 Å². The molecule has 4 aromatic carbocycles. The Morgan fingerprint density at radius 1 is 0.633 bits per heavy atom. The fourth-order valence-electron chi connectivity index (χ4n) is 5.52. The van der Waals surface area contributed by atoms with E-state index in [-0.39, 0.29) is 46.7 Å². The molecule has 0 saturated heterocycles. The molecular weight excluding hydrogens is 765 g/mol. The quantitative estimate of drug-likeness (QED) is 0.0429. The molecule has 11 heteroatoms. The number of carboxylic acid groups (broad SMARTS) is 1. The number of hydrogen-bond donors (Lipinski definition) is 2. The predicted octanol–water partition coefficient (Wildman–Crippen LogP) is 8.64. The van der Waals surface area contributed by atoms with Crippen molar-refractivity contribution in [2.75, 3.05) is 26.4 Å². The maximum atomic E-state index is 12.5. The number of esters is 3. The third-order valence-corrected chi connectivity index (χ3v) is 8.92. The minimum Gasteiger partial charge on any atom is -0.491 e. The molecule has 0 amide bonds. The lowest BCUT2D eigenvalue weighted by molar-refractivity contribution is -0.167. The highest BCUT2D eigenvalue weighted by Gasteiger charge is 2.36. The smallest absolute Gasteiger partial charge is 0.330 e. The molecule has 0 bridgehead atoms. The van der Waals surface area contributed by atoms with Crippen LogP contribution in [0.15, 0.2) is 147 Å². The number of aliphatic carboxylic acids is 1. The van der Waals surface area contributed by atoms with Gasteiger partial charge in [0.05, 0.1) is 11.8 Å². The number of para-hydroxylation sites is 2. The van der Waals surface area contributed by atoms with Gasteiger partial charge in [-0.2, -0.15) is 0 Å². The molecule has 0 heterocycles. The number of ether oxygens (including phenoxy) is 5. The molecule has 2 N–H and O–H groups in total. The Hall–Kier alpha value is -6.46. The summed E-state index contributed by atoms with van der Waals surface area (Å²) in [5, 5.41) is 18.7. The highest BCUT2D eigenvalue weighted by molar-refractivity contribution is 5.82. The number of aryl methyl sites for hydroxylation is 2. The van der Waals surface area contributed by atoms with Crippen molar-refractivity contribution < 1.29 is 53.1 Å². The molecule has 5 rings (SSSR count). The number of allylic oxidation sites excluding steroid dienone is 2. The van der Waals surface area contributed by atoms with Crippen LogP contribution >= 0.6 is 0 Å². The second-order valence-corrected chi connectivity index (χ2v) is 13.2. The topological polar surface area (TPSA) is 155 Å². The van der Waals surface area contributed by atoms with Crippen LogP contribution in [0.25, 0.3) is 11.1 Å². The van der Waals surface area contributed by atoms with Crippen molar-refractivity contribution in [3.05, 3.63) is 158 Å². The molecule has 4 aromatic rings. The van der Waals surface area contributed by atoms with Crippen molar-refractivity contribution in [2.45, 2.75) is 59.2 Å². The molecule has 0 fully saturated rings. The van der Waals surface area contributed by atoms with E-state index in [1.54, 1.807) is 48.6 Å². The van der Waals surface area contributed by atoms with Crippen molar-refractivity contribution in [2.24, 2.45) is 11.8 Å². The molecule has 4 unspecified atom stereocenters. The van der Waals surface area contributed by atoms with Crippen LogP contribution in [0.1, 0.15) is 45.2 Å². The summed E-state index contributed by atoms with van der Waals surface area (Å²) in [6.45, 7) is 10.6. The van der Waals surface area contributed by atoms with Gasteiger partial charge in [0.25, 0.3) is 0 Å². The molecule has 320 valence electrons. The zero-order valence-electron chi connectivity index (χ0n) is 33.7. The minimum atomic E-state index is -1.04. The average Bonchev–Trinajstić information content (AvgIpc) is 3.29. The number of aliphatic hydroxyl groups is 1. The van der Waals surface area contributed by atoms with E-state index in [1.807, 2.05) is 24.3 Å². The lowest BCUT2D eigenvalue weighted by atomic mass is 9.83. The van der Waals surface area contributed by atoms with E-state index in [0.717, 1.165) is 25.0 Å². The summed E-state index contributed by atoms with van der Waals surface area (Å²) in [6, 6.07) is 35.7. The van der Waals surface area contributed by atoms with Crippen LogP contribution in [0.5, 0.6) is 11.5 Å². The van der Waals surface area contributed by atoms with Crippen molar-refractivity contribution in [1.82, 2.24) is 0 Å². The van der Waals surface area contributed by atoms with E-state index >= 15 is 0 Å². The summed E-state index contributed by atoms with van der Waals surface area (Å²) in [7, 11) is 0. The Morgan fingerprint density at radius 3 is 1.50 bits per heavy atom. The van der Waals surface area contributed by atoms with E-state index in [9.17, 15) is 29.4 Å². The number of benzene rings is 4. The van der Waals surface area contributed by atoms with Gasteiger partial charge < -0.3 is 33.9 Å². The largest absolute Gasteiger partial charge is 0.491 e. The first kappa shape index (κ1) is 49.7. The molecule has 0 saturated carbocycles. The Bertz CT molecular complexity index is 1860. The first-order valence-corrected chi connectivity index (χ1v) is 19.4. The summed E-state index contributed by atoms with van der Waals surface area (Å²) >= 11 is 0. The van der Waals surface area contributed by atoms with Gasteiger partial charge in [-0.25, -0.2) is 9.59 Å². The molecule has 11 nitrogen and oxygen atoms in total. The van der Waals surface area contributed by atoms with E-state index in [1.165, 1.54) is 22.3 Å². The zero-order chi connectivity index (χ0) is 42.8. The summed E-state index contributed by atoms with van der Waals surface area (Å²) in [5.74, 6) is -3.30. The van der Waals surface area contributed by atoms with Gasteiger partial charge in [0.2, 0.25) is 0 Å². The standard InChI is InChI=1S/C20H22O7.C16H18.C12H14O4.CH4/c1-2-18(21)26-13-15(12-25-14-8-4-3-5-9-14)27-20(24)17-11-7-6-10-16(17)19(22)23;1-3-13-5-9-15(10-6-13)16-11-7-14(4-2)8-12-16;1-2-12(14)16-9-10(13)8-15-11-6-4-3-5-7-11;/h2-9,15-17H,1,10-13H2,(H,22,23);5-12H,3-4H2,1-2H3;2-7,10,13H,1,8-9H2;1H4. The van der Waals surface area contributed by atoms with E-state index in [4.69, 9.17) is 18.9 Å². The van der Waals surface area contributed by atoms with Gasteiger partial charge in [0.1, 0.15) is 44.0 Å². The SMILES string of the molecule is C.C=CC(=O)OCC(COc1ccccc1)OC(=O)C1CC=CCC1C(=O)O.C=CC(=O)OCC(O)COc1ccccc1.CCc1ccc(-c2ccc(CC)cc2)cc1. The Morgan fingerprint density at radius 2 is 1.07 bits per heavy atom. The van der Waals surface area contributed by atoms with E-state index in [0.29, 0.717) is 11.5 Å². The average molecular weight is 823 g/mol. The molecule has 1 aliphatic rings. The van der Waals surface area contributed by atoms with E-state index < -0.39 is 47.9 Å². The fraction of sp³-hybridized carbons (Fsp3) is 0.306. The number of hydrogen-bond acceptors (Lipinski definition) is 10. The van der Waals surface area contributed by atoms with Crippen LogP contribution in [-0.4, -0.2) is 72.7 Å². The van der Waals surface area contributed by atoms with Crippen LogP contribution in [0, 0.1) is 11.8 Å². The fourth-order valence-corrected chi connectivity index (χ4v) is 5.52. The maximum absolute atomic E-state index is 12.5. The number of rotatable bonds is 18. The van der Waals surface area contributed by atoms with Gasteiger partial charge in [-0.05, 0) is 72.2 Å². The van der Waals surface area contributed by atoms with E-state index in [2.05, 4.69) is 80.3 Å².